The Morgan fingerprint density at radius 3 is 2.44 bits per heavy atom. The molecule has 27 heavy (non-hydrogen) atoms. The second-order valence-corrected chi connectivity index (χ2v) is 9.08. The summed E-state index contributed by atoms with van der Waals surface area (Å²) < 4.78 is 1.69. The van der Waals surface area contributed by atoms with Crippen LogP contribution in [0, 0.1) is 5.92 Å². The van der Waals surface area contributed by atoms with Crippen LogP contribution in [0.1, 0.15) is 68.6 Å². The van der Waals surface area contributed by atoms with E-state index >= 15 is 0 Å². The van der Waals surface area contributed by atoms with Crippen LogP contribution in [0.2, 0.25) is 0 Å². The summed E-state index contributed by atoms with van der Waals surface area (Å²) in [5.41, 5.74) is 1.50. The van der Waals surface area contributed by atoms with Crippen molar-refractivity contribution in [3.8, 4) is 0 Å². The van der Waals surface area contributed by atoms with Gasteiger partial charge in [-0.1, -0.05) is 0 Å². The predicted molar refractivity (Wildman–Crippen MR) is 105 cm³/mol. The molecule has 150 valence electrons. The van der Waals surface area contributed by atoms with Gasteiger partial charge in [-0.3, -0.25) is 19.2 Å². The van der Waals surface area contributed by atoms with Crippen molar-refractivity contribution in [3.05, 3.63) is 17.5 Å². The van der Waals surface area contributed by atoms with E-state index in [0.29, 0.717) is 30.6 Å². The van der Waals surface area contributed by atoms with Gasteiger partial charge in [-0.25, -0.2) is 0 Å². The van der Waals surface area contributed by atoms with E-state index in [-0.39, 0.29) is 17.4 Å². The molecule has 0 radical (unpaired) electrons. The number of carbonyl (C=O) groups is 2. The number of hydrogen-bond donors (Lipinski definition) is 2. The Morgan fingerprint density at radius 2 is 1.85 bits per heavy atom. The second-order valence-electron chi connectivity index (χ2n) is 9.08. The van der Waals surface area contributed by atoms with Crippen molar-refractivity contribution in [2.24, 2.45) is 13.0 Å². The van der Waals surface area contributed by atoms with Crippen molar-refractivity contribution in [1.29, 1.82) is 0 Å². The molecular weight excluding hydrogens is 342 g/mol. The summed E-state index contributed by atoms with van der Waals surface area (Å²) in [6.45, 7) is 8.92. The van der Waals surface area contributed by atoms with Gasteiger partial charge < -0.3 is 10.6 Å². The molecule has 7 heteroatoms. The van der Waals surface area contributed by atoms with Crippen LogP contribution in [0.15, 0.2) is 6.07 Å². The van der Waals surface area contributed by atoms with Crippen LogP contribution in [-0.2, 0) is 11.8 Å². The summed E-state index contributed by atoms with van der Waals surface area (Å²) in [7, 11) is 1.84. The van der Waals surface area contributed by atoms with Crippen LogP contribution >= 0.6 is 0 Å². The van der Waals surface area contributed by atoms with Crippen molar-refractivity contribution in [1.82, 2.24) is 25.3 Å². The second kappa shape index (κ2) is 8.00. The zero-order valence-electron chi connectivity index (χ0n) is 17.0. The van der Waals surface area contributed by atoms with Gasteiger partial charge in [0.25, 0.3) is 5.91 Å². The van der Waals surface area contributed by atoms with Crippen LogP contribution in [0.3, 0.4) is 0 Å². The number of rotatable bonds is 6. The number of aryl methyl sites for hydroxylation is 1. The Labute approximate surface area is 161 Å². The molecule has 2 amide bonds. The lowest BCUT2D eigenvalue weighted by Crippen LogP contribution is -2.48. The van der Waals surface area contributed by atoms with Gasteiger partial charge in [-0.15, -0.1) is 0 Å². The number of nitrogens with zero attached hydrogens (tertiary/aromatic N) is 3. The minimum atomic E-state index is -0.190. The minimum Gasteiger partial charge on any atom is -0.350 e. The van der Waals surface area contributed by atoms with Gasteiger partial charge in [-0.2, -0.15) is 5.10 Å². The Kier molecular flexibility index (Phi) is 5.89. The largest absolute Gasteiger partial charge is 0.350 e. The first-order chi connectivity index (χ1) is 12.7. The van der Waals surface area contributed by atoms with E-state index < -0.39 is 0 Å². The van der Waals surface area contributed by atoms with Crippen molar-refractivity contribution >= 4 is 11.8 Å². The van der Waals surface area contributed by atoms with Crippen LogP contribution in [0.25, 0.3) is 0 Å². The molecule has 1 saturated carbocycles. The molecule has 0 bridgehead atoms. The standard InChI is InChI=1S/C20H33N5O2/c1-20(2,3)22-18(26)13-25-9-7-14(8-10-25)12-21-19(27)17-11-16(15-5-6-15)23-24(17)4/h11,14-15H,5-10,12-13H2,1-4H3,(H,21,27)(H,22,26). The molecule has 1 aliphatic heterocycles. The number of piperidine rings is 1. The van der Waals surface area contributed by atoms with E-state index in [4.69, 9.17) is 0 Å². The van der Waals surface area contributed by atoms with Gasteiger partial charge in [0.05, 0.1) is 12.2 Å². The van der Waals surface area contributed by atoms with Crippen LogP contribution in [0.5, 0.6) is 0 Å². The van der Waals surface area contributed by atoms with E-state index in [1.54, 1.807) is 4.68 Å². The molecule has 1 aromatic rings. The monoisotopic (exact) mass is 375 g/mol. The van der Waals surface area contributed by atoms with Gasteiger partial charge in [0.15, 0.2) is 0 Å². The third kappa shape index (κ3) is 5.79. The molecule has 1 saturated heterocycles. The average Bonchev–Trinajstić information content (AvgIpc) is 3.35. The van der Waals surface area contributed by atoms with E-state index in [2.05, 4.69) is 20.6 Å². The molecular formula is C20H33N5O2. The van der Waals surface area contributed by atoms with Crippen molar-refractivity contribution in [2.75, 3.05) is 26.2 Å². The summed E-state index contributed by atoms with van der Waals surface area (Å²) in [6, 6.07) is 1.93. The van der Waals surface area contributed by atoms with Crippen LogP contribution in [-0.4, -0.2) is 58.2 Å². The third-order valence-electron chi connectivity index (χ3n) is 5.27. The van der Waals surface area contributed by atoms with Gasteiger partial charge in [0.2, 0.25) is 5.91 Å². The zero-order valence-corrected chi connectivity index (χ0v) is 17.0. The number of nitrogens with one attached hydrogen (secondary N) is 2. The third-order valence-corrected chi connectivity index (χ3v) is 5.27. The molecule has 7 nitrogen and oxygen atoms in total. The molecule has 3 rings (SSSR count). The van der Waals surface area contributed by atoms with Gasteiger partial charge in [-0.05, 0) is 71.5 Å². The highest BCUT2D eigenvalue weighted by Crippen LogP contribution is 2.39. The van der Waals surface area contributed by atoms with E-state index in [1.807, 2.05) is 33.9 Å². The lowest BCUT2D eigenvalue weighted by molar-refractivity contribution is -0.124. The van der Waals surface area contributed by atoms with Crippen molar-refractivity contribution < 1.29 is 9.59 Å². The molecule has 0 spiro atoms. The van der Waals surface area contributed by atoms with E-state index in [1.165, 1.54) is 12.8 Å². The quantitative estimate of drug-likeness (QED) is 0.792. The maximum atomic E-state index is 12.5. The fourth-order valence-corrected chi connectivity index (χ4v) is 3.62. The number of aromatic nitrogens is 2. The highest BCUT2D eigenvalue weighted by Gasteiger charge is 2.28. The number of carbonyl (C=O) groups excluding carboxylic acids is 2. The van der Waals surface area contributed by atoms with Gasteiger partial charge in [0, 0.05) is 25.0 Å². The first-order valence-corrected chi connectivity index (χ1v) is 10.1. The SMILES string of the molecule is Cn1nc(C2CC2)cc1C(=O)NCC1CCN(CC(=O)NC(C)(C)C)CC1. The molecule has 2 heterocycles. The molecule has 0 unspecified atom stereocenters. The highest BCUT2D eigenvalue weighted by atomic mass is 16.2. The minimum absolute atomic E-state index is 0.0381. The van der Waals surface area contributed by atoms with Crippen molar-refractivity contribution in [3.63, 3.8) is 0 Å². The Morgan fingerprint density at radius 1 is 1.19 bits per heavy atom. The maximum Gasteiger partial charge on any atom is 0.269 e. The topological polar surface area (TPSA) is 79.3 Å². The lowest BCUT2D eigenvalue weighted by atomic mass is 9.96. The molecule has 2 fully saturated rings. The summed E-state index contributed by atoms with van der Waals surface area (Å²) in [5.74, 6) is 1.06. The fraction of sp³-hybridized carbons (Fsp3) is 0.750. The first-order valence-electron chi connectivity index (χ1n) is 10.1. The highest BCUT2D eigenvalue weighted by molar-refractivity contribution is 5.92. The van der Waals surface area contributed by atoms with Crippen LogP contribution in [0.4, 0.5) is 0 Å². The Bertz CT molecular complexity index is 679. The fourth-order valence-electron chi connectivity index (χ4n) is 3.62. The maximum absolute atomic E-state index is 12.5. The summed E-state index contributed by atoms with van der Waals surface area (Å²) in [4.78, 5) is 26.7. The molecule has 0 aromatic carbocycles. The Hall–Kier alpha value is -1.89. The summed E-state index contributed by atoms with van der Waals surface area (Å²) >= 11 is 0. The Balaban J connectivity index is 1.39. The van der Waals surface area contributed by atoms with E-state index in [9.17, 15) is 9.59 Å². The van der Waals surface area contributed by atoms with Crippen molar-refractivity contribution in [2.45, 2.75) is 57.9 Å². The summed E-state index contributed by atoms with van der Waals surface area (Å²) in [5, 5.41) is 10.5. The zero-order chi connectivity index (χ0) is 19.6. The molecule has 0 atom stereocenters. The van der Waals surface area contributed by atoms with E-state index in [0.717, 1.165) is 31.6 Å². The molecule has 1 aromatic heterocycles. The number of likely N-dealkylation sites (tertiary alicyclic amines) is 1. The molecule has 2 N–H and O–H groups in total. The lowest BCUT2D eigenvalue weighted by Gasteiger charge is -2.32. The average molecular weight is 376 g/mol. The normalized spacial score (nSPS) is 19.1. The summed E-state index contributed by atoms with van der Waals surface area (Å²) in [6.07, 6.45) is 4.37. The number of hydrogen-bond acceptors (Lipinski definition) is 4. The molecule has 2 aliphatic rings. The first kappa shape index (κ1) is 19.9. The van der Waals surface area contributed by atoms with Gasteiger partial charge >= 0.3 is 0 Å². The van der Waals surface area contributed by atoms with Gasteiger partial charge in [0.1, 0.15) is 5.69 Å². The number of amides is 2. The molecule has 1 aliphatic carbocycles. The predicted octanol–water partition coefficient (Wildman–Crippen LogP) is 1.65. The van der Waals surface area contributed by atoms with Crippen LogP contribution < -0.4 is 10.6 Å². The smallest absolute Gasteiger partial charge is 0.269 e.